The number of hydrogen-bond acceptors (Lipinski definition) is 4. The minimum absolute atomic E-state index is 0.0682. The monoisotopic (exact) mass is 546 g/mol. The predicted octanol–water partition coefficient (Wildman–Crippen LogP) is 4.23. The zero-order valence-corrected chi connectivity index (χ0v) is 21.8. The van der Waals surface area contributed by atoms with Crippen LogP contribution in [0, 0.1) is 0 Å². The molecule has 2 saturated heterocycles. The first-order chi connectivity index (χ1) is 18.6. The van der Waals surface area contributed by atoms with Gasteiger partial charge in [0, 0.05) is 37.8 Å². The van der Waals surface area contributed by atoms with Gasteiger partial charge in [0.15, 0.2) is 5.82 Å². The number of aromatic amines is 1. The molecule has 3 heterocycles. The van der Waals surface area contributed by atoms with Crippen LogP contribution in [-0.2, 0) is 4.79 Å². The highest BCUT2D eigenvalue weighted by atomic mass is 19.4. The number of rotatable bonds is 6. The van der Waals surface area contributed by atoms with E-state index in [-0.39, 0.29) is 30.6 Å². The van der Waals surface area contributed by atoms with E-state index in [9.17, 15) is 27.6 Å². The summed E-state index contributed by atoms with van der Waals surface area (Å²) in [6.07, 6.45) is 0.235. The molecule has 2 fully saturated rings. The Balaban J connectivity index is 1.43. The summed E-state index contributed by atoms with van der Waals surface area (Å²) < 4.78 is 41.6. The summed E-state index contributed by atoms with van der Waals surface area (Å²) in [5, 5.41) is 2.69. The molecule has 1 aromatic carbocycles. The summed E-state index contributed by atoms with van der Waals surface area (Å²) in [7, 11) is 0. The molecule has 0 bridgehead atoms. The Hall–Kier alpha value is -3.83. The van der Waals surface area contributed by atoms with Gasteiger partial charge in [-0.3, -0.25) is 14.3 Å². The van der Waals surface area contributed by atoms with Crippen molar-refractivity contribution < 1.29 is 22.8 Å². The number of urea groups is 1. The molecule has 2 N–H and O–H groups in total. The number of hydrogen-bond donors (Lipinski definition) is 2. The van der Waals surface area contributed by atoms with Crippen LogP contribution in [0.2, 0.25) is 0 Å². The normalized spacial score (nSPS) is 21.3. The minimum atomic E-state index is -4.55. The van der Waals surface area contributed by atoms with E-state index in [1.54, 1.807) is 23.8 Å². The predicted molar refractivity (Wildman–Crippen MR) is 142 cm³/mol. The summed E-state index contributed by atoms with van der Waals surface area (Å²) in [5.74, 6) is -0.579. The Kier molecular flexibility index (Phi) is 8.61. The third-order valence-electron chi connectivity index (χ3n) is 7.31. The first-order valence-electron chi connectivity index (χ1n) is 13.0. The maximum atomic E-state index is 13.3. The van der Waals surface area contributed by atoms with E-state index >= 15 is 0 Å². The van der Waals surface area contributed by atoms with Crippen molar-refractivity contribution in [2.75, 3.05) is 26.2 Å². The smallest absolute Gasteiger partial charge is 0.331 e. The third kappa shape index (κ3) is 6.61. The van der Waals surface area contributed by atoms with Crippen molar-refractivity contribution in [1.29, 1.82) is 0 Å². The molecule has 3 amide bonds. The van der Waals surface area contributed by atoms with Gasteiger partial charge >= 0.3 is 17.9 Å². The highest BCUT2D eigenvalue weighted by Crippen LogP contribution is 2.30. The molecule has 9 nitrogen and oxygen atoms in total. The Labute approximate surface area is 224 Å². The average molecular weight is 547 g/mol. The second-order valence-corrected chi connectivity index (χ2v) is 9.86. The Morgan fingerprint density at radius 3 is 2.46 bits per heavy atom. The van der Waals surface area contributed by atoms with Crippen LogP contribution in [0.1, 0.15) is 55.8 Å². The SMILES string of the molecule is C=Cc1c(/N=C\C)[nH]c(=O)n1C1CCN(C(=O)N[C@@H]2CC[C@@H](c3ccccc3)CN(CC(F)(F)F)C2=O)CC1. The average Bonchev–Trinajstić information content (AvgIpc) is 3.15. The summed E-state index contributed by atoms with van der Waals surface area (Å²) >= 11 is 0. The van der Waals surface area contributed by atoms with E-state index in [1.165, 1.54) is 4.90 Å². The molecule has 4 rings (SSSR count). The number of benzene rings is 1. The van der Waals surface area contributed by atoms with E-state index in [0.717, 1.165) is 10.5 Å². The summed E-state index contributed by atoms with van der Waals surface area (Å²) in [5.41, 5.74) is 1.12. The second-order valence-electron chi connectivity index (χ2n) is 9.86. The number of carbonyl (C=O) groups excluding carboxylic acids is 2. The molecule has 2 atom stereocenters. The number of nitrogens with zero attached hydrogens (tertiary/aromatic N) is 4. The van der Waals surface area contributed by atoms with Gasteiger partial charge in [0.05, 0.1) is 5.69 Å². The van der Waals surface area contributed by atoms with E-state index in [0.29, 0.717) is 43.9 Å². The van der Waals surface area contributed by atoms with Gasteiger partial charge in [0.25, 0.3) is 0 Å². The number of carbonyl (C=O) groups is 2. The van der Waals surface area contributed by atoms with Gasteiger partial charge in [0.2, 0.25) is 5.91 Å². The van der Waals surface area contributed by atoms with Crippen LogP contribution in [0.15, 0.2) is 46.7 Å². The van der Waals surface area contributed by atoms with Crippen LogP contribution < -0.4 is 11.0 Å². The molecule has 0 saturated carbocycles. The van der Waals surface area contributed by atoms with Crippen LogP contribution in [0.4, 0.5) is 23.8 Å². The van der Waals surface area contributed by atoms with Gasteiger partial charge in [-0.15, -0.1) is 0 Å². The van der Waals surface area contributed by atoms with Crippen LogP contribution in [0.5, 0.6) is 0 Å². The van der Waals surface area contributed by atoms with Crippen molar-refractivity contribution in [3.63, 3.8) is 0 Å². The first kappa shape index (κ1) is 28.2. The summed E-state index contributed by atoms with van der Waals surface area (Å²) in [4.78, 5) is 48.1. The van der Waals surface area contributed by atoms with Crippen molar-refractivity contribution in [2.45, 2.75) is 56.8 Å². The number of alkyl halides is 3. The lowest BCUT2D eigenvalue weighted by molar-refractivity contribution is -0.162. The number of halogens is 3. The summed E-state index contributed by atoms with van der Waals surface area (Å²) in [6.45, 7) is 4.72. The molecule has 12 heteroatoms. The van der Waals surface area contributed by atoms with Crippen LogP contribution >= 0.6 is 0 Å². The molecule has 210 valence electrons. The standard InChI is InChI=1S/C27H33F3N6O3/c1-3-22-23(31-4-2)33-26(39)36(22)20-12-14-34(15-13-20)25(38)32-21-11-10-19(18-8-6-5-7-9-18)16-35(24(21)37)17-27(28,29)30/h3-9,19-21H,1,10-17H2,2H3,(H,32,38)(H,33,39)/b31-4-/t19-,21-/m1/s1. The molecular formula is C27H33F3N6O3. The number of H-pyrrole nitrogens is 1. The molecule has 1 aromatic heterocycles. The van der Waals surface area contributed by atoms with Crippen molar-refractivity contribution in [1.82, 2.24) is 24.7 Å². The molecule has 2 aliphatic heterocycles. The highest BCUT2D eigenvalue weighted by molar-refractivity contribution is 5.87. The number of aromatic nitrogens is 2. The van der Waals surface area contributed by atoms with Crippen molar-refractivity contribution >= 4 is 30.0 Å². The van der Waals surface area contributed by atoms with E-state index in [4.69, 9.17) is 0 Å². The van der Waals surface area contributed by atoms with Crippen LogP contribution in [-0.4, -0.2) is 75.9 Å². The van der Waals surface area contributed by atoms with Crippen molar-refractivity contribution in [3.8, 4) is 0 Å². The largest absolute Gasteiger partial charge is 0.406 e. The molecule has 0 aliphatic carbocycles. The van der Waals surface area contributed by atoms with Crippen molar-refractivity contribution in [2.24, 2.45) is 4.99 Å². The molecule has 0 spiro atoms. The van der Waals surface area contributed by atoms with Gasteiger partial charge < -0.3 is 15.1 Å². The number of imidazole rings is 1. The second kappa shape index (κ2) is 11.9. The third-order valence-corrected chi connectivity index (χ3v) is 7.31. The maximum absolute atomic E-state index is 13.3. The Morgan fingerprint density at radius 1 is 1.15 bits per heavy atom. The lowest BCUT2D eigenvalue weighted by Crippen LogP contribution is -2.54. The maximum Gasteiger partial charge on any atom is 0.406 e. The zero-order valence-electron chi connectivity index (χ0n) is 21.8. The Bertz CT molecular complexity index is 1260. The molecule has 0 unspecified atom stereocenters. The quantitative estimate of drug-likeness (QED) is 0.530. The number of piperidine rings is 1. The lowest BCUT2D eigenvalue weighted by atomic mass is 9.93. The van der Waals surface area contributed by atoms with Gasteiger partial charge in [0.1, 0.15) is 12.6 Å². The number of aliphatic imine (C=N–C) groups is 1. The topological polar surface area (TPSA) is 103 Å². The van der Waals surface area contributed by atoms with E-state index in [1.807, 2.05) is 30.3 Å². The van der Waals surface area contributed by atoms with E-state index in [2.05, 4.69) is 21.9 Å². The zero-order chi connectivity index (χ0) is 28.2. The number of amides is 3. The van der Waals surface area contributed by atoms with Gasteiger partial charge in [-0.2, -0.15) is 13.2 Å². The lowest BCUT2D eigenvalue weighted by Gasteiger charge is -2.34. The van der Waals surface area contributed by atoms with Crippen molar-refractivity contribution in [3.05, 3.63) is 58.7 Å². The molecular weight excluding hydrogens is 513 g/mol. The van der Waals surface area contributed by atoms with Gasteiger partial charge in [-0.1, -0.05) is 36.9 Å². The first-order valence-corrected chi connectivity index (χ1v) is 13.0. The highest BCUT2D eigenvalue weighted by Gasteiger charge is 2.40. The molecule has 0 radical (unpaired) electrons. The minimum Gasteiger partial charge on any atom is -0.331 e. The van der Waals surface area contributed by atoms with Gasteiger partial charge in [-0.25, -0.2) is 14.6 Å². The summed E-state index contributed by atoms with van der Waals surface area (Å²) in [6, 6.07) is 7.41. The molecule has 39 heavy (non-hydrogen) atoms. The molecule has 2 aromatic rings. The Morgan fingerprint density at radius 2 is 1.85 bits per heavy atom. The van der Waals surface area contributed by atoms with Crippen LogP contribution in [0.3, 0.4) is 0 Å². The van der Waals surface area contributed by atoms with E-state index < -0.39 is 30.7 Å². The number of likely N-dealkylation sites (tertiary alicyclic amines) is 2. The fraction of sp³-hybridized carbons (Fsp3) is 0.481. The fourth-order valence-corrected chi connectivity index (χ4v) is 5.45. The van der Waals surface area contributed by atoms with Crippen LogP contribution in [0.25, 0.3) is 6.08 Å². The fourth-order valence-electron chi connectivity index (χ4n) is 5.45. The van der Waals surface area contributed by atoms with Gasteiger partial charge in [-0.05, 0) is 44.2 Å². The molecule has 2 aliphatic rings. The number of nitrogens with one attached hydrogen (secondary N) is 2.